The quantitative estimate of drug-likeness (QED) is 0.772. The highest BCUT2D eigenvalue weighted by molar-refractivity contribution is 5.95. The van der Waals surface area contributed by atoms with E-state index in [1.807, 2.05) is 0 Å². The fourth-order valence-corrected chi connectivity index (χ4v) is 3.88. The highest BCUT2D eigenvalue weighted by Crippen LogP contribution is 2.37. The van der Waals surface area contributed by atoms with Gasteiger partial charge in [-0.2, -0.15) is 13.2 Å². The summed E-state index contributed by atoms with van der Waals surface area (Å²) in [5, 5.41) is 0. The van der Waals surface area contributed by atoms with Crippen molar-refractivity contribution in [3.8, 4) is 0 Å². The monoisotopic (exact) mass is 340 g/mol. The van der Waals surface area contributed by atoms with Gasteiger partial charge in [-0.25, -0.2) is 4.79 Å². The molecule has 1 heterocycles. The Balaban J connectivity index is 1.75. The smallest absolute Gasteiger partial charge is 0.322 e. The Morgan fingerprint density at radius 3 is 2.50 bits per heavy atom. The molecular formula is C18H23F3N2O. The van der Waals surface area contributed by atoms with E-state index in [-0.39, 0.29) is 11.6 Å². The average Bonchev–Trinajstić information content (AvgIpc) is 2.88. The largest absolute Gasteiger partial charge is 0.416 e. The summed E-state index contributed by atoms with van der Waals surface area (Å²) < 4.78 is 39.3. The summed E-state index contributed by atoms with van der Waals surface area (Å²) in [6.07, 6.45) is 1.58. The number of nitrogens with zero attached hydrogens (tertiary/aromatic N) is 2. The van der Waals surface area contributed by atoms with Gasteiger partial charge in [-0.1, -0.05) is 25.3 Å². The summed E-state index contributed by atoms with van der Waals surface area (Å²) >= 11 is 0. The van der Waals surface area contributed by atoms with E-state index in [1.165, 1.54) is 37.2 Å². The second-order valence-corrected chi connectivity index (χ2v) is 6.83. The van der Waals surface area contributed by atoms with Crippen LogP contribution in [0.15, 0.2) is 18.2 Å². The molecule has 1 saturated heterocycles. The Kier molecular flexibility index (Phi) is 4.74. The van der Waals surface area contributed by atoms with Gasteiger partial charge in [0.1, 0.15) is 0 Å². The van der Waals surface area contributed by atoms with Crippen molar-refractivity contribution >= 4 is 11.7 Å². The van der Waals surface area contributed by atoms with Gasteiger partial charge in [-0.05, 0) is 43.4 Å². The molecule has 132 valence electrons. The first-order valence-electron chi connectivity index (χ1n) is 8.61. The van der Waals surface area contributed by atoms with Crippen LogP contribution >= 0.6 is 0 Å². The molecule has 0 unspecified atom stereocenters. The van der Waals surface area contributed by atoms with Crippen LogP contribution in [0, 0.1) is 12.8 Å². The highest BCUT2D eigenvalue weighted by Gasteiger charge is 2.36. The van der Waals surface area contributed by atoms with Crippen molar-refractivity contribution in [2.75, 3.05) is 24.5 Å². The van der Waals surface area contributed by atoms with Crippen molar-refractivity contribution < 1.29 is 18.0 Å². The van der Waals surface area contributed by atoms with E-state index >= 15 is 0 Å². The molecule has 24 heavy (non-hydrogen) atoms. The molecular weight excluding hydrogens is 317 g/mol. The zero-order valence-electron chi connectivity index (χ0n) is 13.9. The lowest BCUT2D eigenvalue weighted by Crippen LogP contribution is -2.36. The number of amides is 2. The van der Waals surface area contributed by atoms with Crippen LogP contribution in [0.2, 0.25) is 0 Å². The van der Waals surface area contributed by atoms with Gasteiger partial charge in [0.15, 0.2) is 0 Å². The molecule has 0 atom stereocenters. The molecule has 0 bridgehead atoms. The van der Waals surface area contributed by atoms with E-state index in [4.69, 9.17) is 0 Å². The molecule has 2 fully saturated rings. The molecule has 1 aromatic carbocycles. The Morgan fingerprint density at radius 1 is 1.12 bits per heavy atom. The number of halogens is 3. The van der Waals surface area contributed by atoms with Gasteiger partial charge in [0, 0.05) is 25.3 Å². The van der Waals surface area contributed by atoms with Crippen molar-refractivity contribution in [2.24, 2.45) is 5.92 Å². The van der Waals surface area contributed by atoms with E-state index in [0.29, 0.717) is 24.7 Å². The predicted octanol–water partition coefficient (Wildman–Crippen LogP) is 4.84. The first-order valence-corrected chi connectivity index (χ1v) is 8.61. The molecule has 1 saturated carbocycles. The van der Waals surface area contributed by atoms with E-state index in [1.54, 1.807) is 11.0 Å². The van der Waals surface area contributed by atoms with Crippen molar-refractivity contribution in [3.05, 3.63) is 29.3 Å². The van der Waals surface area contributed by atoms with E-state index in [9.17, 15) is 18.0 Å². The van der Waals surface area contributed by atoms with Gasteiger partial charge >= 0.3 is 12.2 Å². The number of hydrogen-bond donors (Lipinski definition) is 0. The zero-order chi connectivity index (χ0) is 17.3. The molecule has 3 rings (SSSR count). The number of carbonyl (C=O) groups is 1. The number of rotatable bonds is 3. The normalized spacial score (nSPS) is 20.1. The van der Waals surface area contributed by atoms with Crippen LogP contribution in [0.5, 0.6) is 0 Å². The van der Waals surface area contributed by atoms with Crippen molar-refractivity contribution in [2.45, 2.75) is 45.2 Å². The number of urea groups is 1. The molecule has 2 amide bonds. The van der Waals surface area contributed by atoms with Gasteiger partial charge in [0.05, 0.1) is 5.56 Å². The Bertz CT molecular complexity index is 609. The average molecular weight is 340 g/mol. The molecule has 0 N–H and O–H groups in total. The molecule has 3 nitrogen and oxygen atoms in total. The van der Waals surface area contributed by atoms with Crippen LogP contribution in [-0.2, 0) is 6.18 Å². The standard InChI is InChI=1S/C18H23F3N2O/c1-13-15(18(19,20)21)8-5-9-16(13)23-11-10-22(17(23)24)12-14-6-3-2-4-7-14/h5,8-9,14H,2-4,6-7,10-12H2,1H3. The van der Waals surface area contributed by atoms with Crippen molar-refractivity contribution in [3.63, 3.8) is 0 Å². The number of anilines is 1. The van der Waals surface area contributed by atoms with Gasteiger partial charge in [-0.15, -0.1) is 0 Å². The summed E-state index contributed by atoms with van der Waals surface area (Å²) in [6.45, 7) is 3.21. The summed E-state index contributed by atoms with van der Waals surface area (Å²) in [7, 11) is 0. The number of alkyl halides is 3. The Morgan fingerprint density at radius 2 is 1.83 bits per heavy atom. The Labute approximate surface area is 140 Å². The summed E-state index contributed by atoms with van der Waals surface area (Å²) in [5.41, 5.74) is -0.169. The fourth-order valence-electron chi connectivity index (χ4n) is 3.88. The SMILES string of the molecule is Cc1c(N2CCN(CC3CCCCC3)C2=O)cccc1C(F)(F)F. The Hall–Kier alpha value is -1.72. The van der Waals surface area contributed by atoms with Crippen molar-refractivity contribution in [1.82, 2.24) is 4.90 Å². The maximum Gasteiger partial charge on any atom is 0.416 e. The van der Waals surface area contributed by atoms with Crippen LogP contribution in [0.1, 0.15) is 43.2 Å². The van der Waals surface area contributed by atoms with Gasteiger partial charge in [0.2, 0.25) is 0 Å². The van der Waals surface area contributed by atoms with E-state index < -0.39 is 11.7 Å². The molecule has 2 aliphatic rings. The third kappa shape index (κ3) is 3.37. The first kappa shape index (κ1) is 17.1. The minimum atomic E-state index is -4.40. The van der Waals surface area contributed by atoms with Crippen LogP contribution in [-0.4, -0.2) is 30.6 Å². The topological polar surface area (TPSA) is 23.6 Å². The summed E-state index contributed by atoms with van der Waals surface area (Å²) in [5.74, 6) is 0.533. The number of carbonyl (C=O) groups excluding carboxylic acids is 1. The maximum atomic E-state index is 13.1. The van der Waals surface area contributed by atoms with Crippen LogP contribution in [0.3, 0.4) is 0 Å². The van der Waals surface area contributed by atoms with Gasteiger partial charge in [-0.3, -0.25) is 4.90 Å². The molecule has 0 spiro atoms. The third-order valence-electron chi connectivity index (χ3n) is 5.20. The van der Waals surface area contributed by atoms with Crippen LogP contribution in [0.4, 0.5) is 23.7 Å². The first-order chi connectivity index (χ1) is 11.4. The second kappa shape index (κ2) is 6.65. The predicted molar refractivity (Wildman–Crippen MR) is 87.1 cm³/mol. The van der Waals surface area contributed by atoms with Crippen LogP contribution < -0.4 is 4.90 Å². The lowest BCUT2D eigenvalue weighted by Gasteiger charge is -2.27. The molecule has 1 aliphatic carbocycles. The van der Waals surface area contributed by atoms with Gasteiger partial charge < -0.3 is 4.90 Å². The molecule has 0 radical (unpaired) electrons. The third-order valence-corrected chi connectivity index (χ3v) is 5.20. The zero-order valence-corrected chi connectivity index (χ0v) is 13.9. The van der Waals surface area contributed by atoms with Gasteiger partial charge in [0.25, 0.3) is 0 Å². The molecule has 6 heteroatoms. The minimum absolute atomic E-state index is 0.123. The van der Waals surface area contributed by atoms with E-state index in [2.05, 4.69) is 0 Å². The highest BCUT2D eigenvalue weighted by atomic mass is 19.4. The second-order valence-electron chi connectivity index (χ2n) is 6.83. The minimum Gasteiger partial charge on any atom is -0.322 e. The molecule has 1 aromatic rings. The summed E-state index contributed by atoms with van der Waals surface area (Å²) in [4.78, 5) is 16.0. The maximum absolute atomic E-state index is 13.1. The number of hydrogen-bond acceptors (Lipinski definition) is 1. The van der Waals surface area contributed by atoms with Crippen molar-refractivity contribution in [1.29, 1.82) is 0 Å². The lowest BCUT2D eigenvalue weighted by atomic mass is 9.89. The fraction of sp³-hybridized carbons (Fsp3) is 0.611. The van der Waals surface area contributed by atoms with E-state index in [0.717, 1.165) is 25.5 Å². The molecule has 0 aromatic heterocycles. The lowest BCUT2D eigenvalue weighted by molar-refractivity contribution is -0.138. The summed E-state index contributed by atoms with van der Waals surface area (Å²) in [6, 6.07) is 3.89. The molecule has 1 aliphatic heterocycles. The number of benzene rings is 1. The van der Waals surface area contributed by atoms with Crippen LogP contribution in [0.25, 0.3) is 0 Å².